The fourth-order valence-corrected chi connectivity index (χ4v) is 2.50. The maximum absolute atomic E-state index is 4.34. The van der Waals surface area contributed by atoms with Gasteiger partial charge in [-0.25, -0.2) is 19.9 Å². The molecular formula is C10H9BrN4S. The Morgan fingerprint density at radius 3 is 2.38 bits per heavy atom. The number of aryl methyl sites for hydroxylation is 2. The molecule has 0 aliphatic rings. The van der Waals surface area contributed by atoms with E-state index in [2.05, 4.69) is 35.9 Å². The van der Waals surface area contributed by atoms with Crippen molar-refractivity contribution in [3.63, 3.8) is 0 Å². The van der Waals surface area contributed by atoms with Crippen LogP contribution in [0.5, 0.6) is 0 Å². The van der Waals surface area contributed by atoms with Crippen molar-refractivity contribution in [1.29, 1.82) is 0 Å². The Labute approximate surface area is 106 Å². The van der Waals surface area contributed by atoms with Gasteiger partial charge in [0.05, 0.1) is 0 Å². The van der Waals surface area contributed by atoms with Crippen molar-refractivity contribution in [3.8, 4) is 0 Å². The smallest absolute Gasteiger partial charge is 0.194 e. The summed E-state index contributed by atoms with van der Waals surface area (Å²) in [6.45, 7) is 3.91. The van der Waals surface area contributed by atoms with Crippen LogP contribution >= 0.6 is 27.7 Å². The molecular weight excluding hydrogens is 288 g/mol. The Kier molecular flexibility index (Phi) is 3.50. The minimum atomic E-state index is 0.711. The summed E-state index contributed by atoms with van der Waals surface area (Å²) in [5.41, 5.74) is 1.92. The molecule has 2 heterocycles. The number of hydrogen-bond acceptors (Lipinski definition) is 5. The first-order valence-corrected chi connectivity index (χ1v) is 6.22. The Morgan fingerprint density at radius 2 is 1.75 bits per heavy atom. The van der Waals surface area contributed by atoms with Crippen LogP contribution in [-0.2, 0) is 0 Å². The van der Waals surface area contributed by atoms with E-state index in [1.54, 1.807) is 0 Å². The summed E-state index contributed by atoms with van der Waals surface area (Å²) in [6.07, 6.45) is 1.51. The maximum atomic E-state index is 4.34. The lowest BCUT2D eigenvalue weighted by atomic mass is 10.4. The zero-order valence-electron chi connectivity index (χ0n) is 8.81. The average molecular weight is 297 g/mol. The molecule has 0 bridgehead atoms. The number of rotatable bonds is 2. The Bertz CT molecular complexity index is 498. The van der Waals surface area contributed by atoms with E-state index in [1.165, 1.54) is 18.1 Å². The average Bonchev–Trinajstić information content (AvgIpc) is 2.15. The lowest BCUT2D eigenvalue weighted by molar-refractivity contribution is 0.896. The Hall–Kier alpha value is -1.01. The Balaban J connectivity index is 2.27. The van der Waals surface area contributed by atoms with E-state index < -0.39 is 0 Å². The molecule has 2 aromatic rings. The monoisotopic (exact) mass is 296 g/mol. The molecule has 4 nitrogen and oxygen atoms in total. The van der Waals surface area contributed by atoms with Gasteiger partial charge in [-0.2, -0.15) is 0 Å². The van der Waals surface area contributed by atoms with Gasteiger partial charge in [0.1, 0.15) is 16.0 Å². The van der Waals surface area contributed by atoms with Crippen LogP contribution in [0.3, 0.4) is 0 Å². The summed E-state index contributed by atoms with van der Waals surface area (Å²) in [4.78, 5) is 16.8. The molecule has 0 aliphatic carbocycles. The molecule has 0 spiro atoms. The molecule has 0 saturated heterocycles. The van der Waals surface area contributed by atoms with E-state index in [1.807, 2.05) is 26.0 Å². The molecule has 0 N–H and O–H groups in total. The second-order valence-electron chi connectivity index (χ2n) is 3.21. The van der Waals surface area contributed by atoms with Crippen LogP contribution < -0.4 is 0 Å². The summed E-state index contributed by atoms with van der Waals surface area (Å²) in [5.74, 6) is 0. The molecule has 0 fully saturated rings. The third kappa shape index (κ3) is 2.99. The molecule has 0 amide bonds. The highest BCUT2D eigenvalue weighted by Gasteiger charge is 2.04. The Morgan fingerprint density at radius 1 is 1.06 bits per heavy atom. The number of aromatic nitrogens is 4. The highest BCUT2D eigenvalue weighted by molar-refractivity contribution is 9.10. The van der Waals surface area contributed by atoms with E-state index in [0.717, 1.165) is 21.0 Å². The summed E-state index contributed by atoms with van der Waals surface area (Å²) < 4.78 is 0.759. The van der Waals surface area contributed by atoms with Gasteiger partial charge >= 0.3 is 0 Å². The number of halogens is 1. The minimum absolute atomic E-state index is 0.711. The summed E-state index contributed by atoms with van der Waals surface area (Å²) >= 11 is 4.73. The van der Waals surface area contributed by atoms with Gasteiger partial charge in [-0.05, 0) is 47.6 Å². The second kappa shape index (κ2) is 4.88. The zero-order chi connectivity index (χ0) is 11.5. The predicted molar refractivity (Wildman–Crippen MR) is 65.4 cm³/mol. The van der Waals surface area contributed by atoms with Crippen molar-refractivity contribution in [2.45, 2.75) is 24.0 Å². The molecule has 0 aromatic carbocycles. The number of nitrogens with zero attached hydrogens (tertiary/aromatic N) is 4. The zero-order valence-corrected chi connectivity index (χ0v) is 11.2. The van der Waals surface area contributed by atoms with Crippen LogP contribution in [0.1, 0.15) is 11.4 Å². The van der Waals surface area contributed by atoms with E-state index in [0.29, 0.717) is 5.16 Å². The van der Waals surface area contributed by atoms with Gasteiger partial charge in [-0.3, -0.25) is 0 Å². The molecule has 16 heavy (non-hydrogen) atoms. The van der Waals surface area contributed by atoms with Gasteiger partial charge in [0.15, 0.2) is 5.16 Å². The fraction of sp³-hybridized carbons (Fsp3) is 0.200. The lowest BCUT2D eigenvalue weighted by Crippen LogP contribution is -1.93. The van der Waals surface area contributed by atoms with Crippen LogP contribution in [-0.4, -0.2) is 19.9 Å². The maximum Gasteiger partial charge on any atom is 0.194 e. The van der Waals surface area contributed by atoms with Gasteiger partial charge in [0.25, 0.3) is 0 Å². The third-order valence-electron chi connectivity index (χ3n) is 1.77. The first-order chi connectivity index (χ1) is 7.63. The van der Waals surface area contributed by atoms with Crippen molar-refractivity contribution in [3.05, 3.63) is 34.5 Å². The van der Waals surface area contributed by atoms with Crippen LogP contribution in [0.15, 0.2) is 33.2 Å². The first kappa shape index (κ1) is 11.5. The highest BCUT2D eigenvalue weighted by Crippen LogP contribution is 2.24. The largest absolute Gasteiger partial charge is 0.229 e. The summed E-state index contributed by atoms with van der Waals surface area (Å²) in [7, 11) is 0. The molecule has 0 radical (unpaired) electrons. The predicted octanol–water partition coefficient (Wildman–Crippen LogP) is 2.80. The van der Waals surface area contributed by atoms with E-state index in [-0.39, 0.29) is 0 Å². The van der Waals surface area contributed by atoms with Crippen LogP contribution in [0.4, 0.5) is 0 Å². The van der Waals surface area contributed by atoms with Crippen LogP contribution in [0, 0.1) is 13.8 Å². The SMILES string of the molecule is Cc1cc(C)nc(Sc2cc(Br)ncn2)n1. The molecule has 6 heteroatoms. The van der Waals surface area contributed by atoms with Crippen molar-refractivity contribution in [2.24, 2.45) is 0 Å². The van der Waals surface area contributed by atoms with Crippen molar-refractivity contribution < 1.29 is 0 Å². The summed E-state index contributed by atoms with van der Waals surface area (Å²) in [5, 5.41) is 1.54. The third-order valence-corrected chi connectivity index (χ3v) is 3.00. The van der Waals surface area contributed by atoms with E-state index >= 15 is 0 Å². The normalized spacial score (nSPS) is 10.4. The molecule has 0 atom stereocenters. The van der Waals surface area contributed by atoms with Gasteiger partial charge in [-0.1, -0.05) is 0 Å². The minimum Gasteiger partial charge on any atom is -0.229 e. The fourth-order valence-electron chi connectivity index (χ4n) is 1.21. The molecule has 2 rings (SSSR count). The second-order valence-corrected chi connectivity index (χ2v) is 5.01. The highest BCUT2D eigenvalue weighted by atomic mass is 79.9. The molecule has 82 valence electrons. The first-order valence-electron chi connectivity index (χ1n) is 4.61. The van der Waals surface area contributed by atoms with Gasteiger partial charge in [0, 0.05) is 17.5 Å². The molecule has 0 aliphatic heterocycles. The molecule has 2 aromatic heterocycles. The van der Waals surface area contributed by atoms with Gasteiger partial charge < -0.3 is 0 Å². The van der Waals surface area contributed by atoms with Crippen molar-refractivity contribution >= 4 is 27.7 Å². The van der Waals surface area contributed by atoms with Crippen LogP contribution in [0.25, 0.3) is 0 Å². The topological polar surface area (TPSA) is 51.6 Å². The van der Waals surface area contributed by atoms with Gasteiger partial charge in [0.2, 0.25) is 0 Å². The van der Waals surface area contributed by atoms with Crippen molar-refractivity contribution in [2.75, 3.05) is 0 Å². The molecule has 0 saturated carbocycles. The quantitative estimate of drug-likeness (QED) is 0.630. The van der Waals surface area contributed by atoms with E-state index in [4.69, 9.17) is 0 Å². The van der Waals surface area contributed by atoms with Crippen molar-refractivity contribution in [1.82, 2.24) is 19.9 Å². The van der Waals surface area contributed by atoms with Crippen LogP contribution in [0.2, 0.25) is 0 Å². The standard InChI is InChI=1S/C10H9BrN4S/c1-6-3-7(2)15-10(14-6)16-9-4-8(11)12-5-13-9/h3-5H,1-2H3. The number of hydrogen-bond donors (Lipinski definition) is 0. The van der Waals surface area contributed by atoms with Gasteiger partial charge in [-0.15, -0.1) is 0 Å². The van der Waals surface area contributed by atoms with E-state index in [9.17, 15) is 0 Å². The summed E-state index contributed by atoms with van der Waals surface area (Å²) in [6, 6.07) is 3.78. The molecule has 0 unspecified atom stereocenters. The lowest BCUT2D eigenvalue weighted by Gasteiger charge is -2.02.